The number of carbonyl (C=O) groups is 1. The molecule has 2 heterocycles. The highest BCUT2D eigenvalue weighted by Crippen LogP contribution is 2.25. The lowest BCUT2D eigenvalue weighted by Gasteiger charge is -2.05. The van der Waals surface area contributed by atoms with Gasteiger partial charge in [-0.3, -0.25) is 14.9 Å². The van der Waals surface area contributed by atoms with Crippen molar-refractivity contribution in [1.82, 2.24) is 9.99 Å². The molecule has 0 fully saturated rings. The Morgan fingerprint density at radius 2 is 1.91 bits per heavy atom. The van der Waals surface area contributed by atoms with Crippen LogP contribution in [0.2, 0.25) is 5.02 Å². The number of aromatic nitrogens is 1. The Hall–Kier alpha value is -4.43. The highest BCUT2D eigenvalue weighted by Gasteiger charge is 2.15. The minimum absolute atomic E-state index is 0.0119. The minimum atomic E-state index is -0.556. The number of fused-ring (bicyclic) bond motifs is 2. The third kappa shape index (κ3) is 4.26. The summed E-state index contributed by atoms with van der Waals surface area (Å²) >= 11 is 5.99. The van der Waals surface area contributed by atoms with Gasteiger partial charge in [-0.05, 0) is 35.9 Å². The van der Waals surface area contributed by atoms with Crippen LogP contribution >= 0.6 is 11.6 Å². The largest absolute Gasteiger partial charge is 0.451 e. The van der Waals surface area contributed by atoms with Crippen molar-refractivity contribution in [3.63, 3.8) is 0 Å². The second kappa shape index (κ2) is 8.84. The Morgan fingerprint density at radius 1 is 1.12 bits per heavy atom. The molecular weight excluding hydrogens is 456 g/mol. The average Bonchev–Trinajstić information content (AvgIpc) is 3.42. The van der Waals surface area contributed by atoms with Crippen molar-refractivity contribution in [2.45, 2.75) is 6.54 Å². The maximum Gasteiger partial charge on any atom is 0.307 e. The van der Waals surface area contributed by atoms with E-state index in [2.05, 4.69) is 15.1 Å². The number of furan rings is 1. The van der Waals surface area contributed by atoms with Crippen molar-refractivity contribution in [3.8, 4) is 0 Å². The highest BCUT2D eigenvalue weighted by atomic mass is 35.5. The number of hydrogen-bond acceptors (Lipinski definition) is 5. The summed E-state index contributed by atoms with van der Waals surface area (Å²) in [6, 6.07) is 21.2. The van der Waals surface area contributed by atoms with Crippen LogP contribution in [0.5, 0.6) is 0 Å². The standard InChI is InChI=1S/C25H17ClN4O4/c26-19-7-5-16(6-8-19)14-29-15-18(21-3-1-2-4-22(21)29)13-27-28-25(31)24-12-17-11-20(30(32)33)9-10-23(17)34-24/h1-13,15H,14H2,(H,28,31)/b27-13+. The maximum absolute atomic E-state index is 12.5. The number of benzene rings is 3. The summed E-state index contributed by atoms with van der Waals surface area (Å²) < 4.78 is 7.60. The summed E-state index contributed by atoms with van der Waals surface area (Å²) in [7, 11) is 0. The molecule has 5 rings (SSSR count). The molecule has 9 heteroatoms. The van der Waals surface area contributed by atoms with Gasteiger partial charge in [-0.2, -0.15) is 5.10 Å². The van der Waals surface area contributed by atoms with Gasteiger partial charge in [0.2, 0.25) is 0 Å². The van der Waals surface area contributed by atoms with Crippen LogP contribution in [-0.2, 0) is 6.54 Å². The number of halogens is 1. The zero-order valence-corrected chi connectivity index (χ0v) is 18.4. The zero-order chi connectivity index (χ0) is 23.7. The van der Waals surface area contributed by atoms with Gasteiger partial charge in [0.15, 0.2) is 5.76 Å². The monoisotopic (exact) mass is 472 g/mol. The third-order valence-electron chi connectivity index (χ3n) is 5.39. The summed E-state index contributed by atoms with van der Waals surface area (Å²) in [4.78, 5) is 22.9. The number of nitro groups is 1. The van der Waals surface area contributed by atoms with E-state index in [0.717, 1.165) is 22.0 Å². The number of nitro benzene ring substituents is 1. The van der Waals surface area contributed by atoms with E-state index in [0.29, 0.717) is 22.5 Å². The van der Waals surface area contributed by atoms with Crippen molar-refractivity contribution in [3.05, 3.63) is 111 Å². The lowest BCUT2D eigenvalue weighted by molar-refractivity contribution is -0.384. The molecule has 0 aliphatic carbocycles. The Bertz CT molecular complexity index is 1570. The Balaban J connectivity index is 1.36. The first kappa shape index (κ1) is 21.4. The van der Waals surface area contributed by atoms with Gasteiger partial charge in [0.25, 0.3) is 5.69 Å². The van der Waals surface area contributed by atoms with E-state index in [1.165, 1.54) is 24.3 Å². The molecule has 0 bridgehead atoms. The molecule has 8 nitrogen and oxygen atoms in total. The van der Waals surface area contributed by atoms with Crippen molar-refractivity contribution >= 4 is 51.3 Å². The van der Waals surface area contributed by atoms with Crippen LogP contribution in [0.4, 0.5) is 5.69 Å². The molecule has 0 spiro atoms. The molecule has 3 aromatic carbocycles. The molecule has 0 radical (unpaired) electrons. The van der Waals surface area contributed by atoms with Crippen molar-refractivity contribution in [2.24, 2.45) is 5.10 Å². The lowest BCUT2D eigenvalue weighted by Crippen LogP contribution is -2.16. The summed E-state index contributed by atoms with van der Waals surface area (Å²) in [6.07, 6.45) is 3.54. The predicted octanol–water partition coefficient (Wildman–Crippen LogP) is 5.76. The number of nitrogens with zero attached hydrogens (tertiary/aromatic N) is 3. The molecule has 168 valence electrons. The lowest BCUT2D eigenvalue weighted by atomic mass is 10.2. The van der Waals surface area contributed by atoms with E-state index in [1.807, 2.05) is 54.7 Å². The Morgan fingerprint density at radius 3 is 2.71 bits per heavy atom. The molecule has 2 aromatic heterocycles. The molecule has 0 unspecified atom stereocenters. The summed E-state index contributed by atoms with van der Waals surface area (Å²) in [5.41, 5.74) is 5.73. The number of rotatable bonds is 6. The molecule has 0 saturated heterocycles. The van der Waals surface area contributed by atoms with Gasteiger partial charge >= 0.3 is 5.91 Å². The van der Waals surface area contributed by atoms with Crippen molar-refractivity contribution in [2.75, 3.05) is 0 Å². The van der Waals surface area contributed by atoms with E-state index in [-0.39, 0.29) is 11.4 Å². The minimum Gasteiger partial charge on any atom is -0.451 e. The molecule has 0 aliphatic rings. The molecule has 0 atom stereocenters. The average molecular weight is 473 g/mol. The van der Waals surface area contributed by atoms with E-state index < -0.39 is 10.8 Å². The number of amides is 1. The molecular formula is C25H17ClN4O4. The first-order valence-corrected chi connectivity index (χ1v) is 10.7. The predicted molar refractivity (Wildman–Crippen MR) is 130 cm³/mol. The molecule has 5 aromatic rings. The molecule has 1 N–H and O–H groups in total. The van der Waals surface area contributed by atoms with Crippen LogP contribution in [-0.4, -0.2) is 21.6 Å². The van der Waals surface area contributed by atoms with Crippen molar-refractivity contribution < 1.29 is 14.1 Å². The van der Waals surface area contributed by atoms with E-state index in [9.17, 15) is 14.9 Å². The SMILES string of the molecule is O=C(N/N=C/c1cn(Cc2ccc(Cl)cc2)c2ccccc12)c1cc2cc([N+](=O)[O-])ccc2o1. The third-order valence-corrected chi connectivity index (χ3v) is 5.64. The van der Waals surface area contributed by atoms with Crippen LogP contribution in [0, 0.1) is 10.1 Å². The van der Waals surface area contributed by atoms with Gasteiger partial charge in [0.1, 0.15) is 5.58 Å². The van der Waals surface area contributed by atoms with Gasteiger partial charge in [-0.1, -0.05) is 41.9 Å². The van der Waals surface area contributed by atoms with E-state index in [1.54, 1.807) is 6.21 Å². The molecule has 1 amide bonds. The summed E-state index contributed by atoms with van der Waals surface area (Å²) in [5, 5.41) is 17.2. The fourth-order valence-corrected chi connectivity index (χ4v) is 3.89. The van der Waals surface area contributed by atoms with Crippen LogP contribution in [0.1, 0.15) is 21.7 Å². The van der Waals surface area contributed by atoms with Crippen LogP contribution in [0.25, 0.3) is 21.9 Å². The van der Waals surface area contributed by atoms with Gasteiger partial charge in [-0.15, -0.1) is 0 Å². The van der Waals surface area contributed by atoms with Crippen molar-refractivity contribution in [1.29, 1.82) is 0 Å². The normalized spacial score (nSPS) is 11.4. The van der Waals surface area contributed by atoms with Crippen LogP contribution in [0.3, 0.4) is 0 Å². The number of nitrogens with one attached hydrogen (secondary N) is 1. The number of para-hydroxylation sites is 1. The van der Waals surface area contributed by atoms with Gasteiger partial charge in [0.05, 0.1) is 11.1 Å². The second-order valence-corrected chi connectivity index (χ2v) is 8.08. The number of carbonyl (C=O) groups excluding carboxylic acids is 1. The van der Waals surface area contributed by atoms with Crippen LogP contribution in [0.15, 0.2) is 88.5 Å². The van der Waals surface area contributed by atoms with Gasteiger partial charge in [0, 0.05) is 51.7 Å². The number of hydrazone groups is 1. The summed E-state index contributed by atoms with van der Waals surface area (Å²) in [6.45, 7) is 0.656. The fourth-order valence-electron chi connectivity index (χ4n) is 3.77. The molecule has 0 saturated carbocycles. The topological polar surface area (TPSA) is 103 Å². The first-order valence-electron chi connectivity index (χ1n) is 10.3. The van der Waals surface area contributed by atoms with E-state index in [4.69, 9.17) is 16.0 Å². The number of non-ortho nitro benzene ring substituents is 1. The summed E-state index contributed by atoms with van der Waals surface area (Å²) in [5.74, 6) is -0.544. The maximum atomic E-state index is 12.5. The molecule has 34 heavy (non-hydrogen) atoms. The molecule has 0 aliphatic heterocycles. The smallest absolute Gasteiger partial charge is 0.307 e. The second-order valence-electron chi connectivity index (χ2n) is 7.64. The highest BCUT2D eigenvalue weighted by molar-refractivity contribution is 6.30. The van der Waals surface area contributed by atoms with Crippen LogP contribution < -0.4 is 5.43 Å². The van der Waals surface area contributed by atoms with Gasteiger partial charge < -0.3 is 8.98 Å². The fraction of sp³-hybridized carbons (Fsp3) is 0.0400. The Kier molecular flexibility index (Phi) is 5.57. The van der Waals surface area contributed by atoms with Gasteiger partial charge in [-0.25, -0.2) is 5.43 Å². The quantitative estimate of drug-likeness (QED) is 0.193. The van der Waals surface area contributed by atoms with E-state index >= 15 is 0 Å². The first-order chi connectivity index (χ1) is 16.5. The zero-order valence-electron chi connectivity index (χ0n) is 17.6. The Labute approximate surface area is 198 Å². The number of hydrogen-bond donors (Lipinski definition) is 1.